The van der Waals surface area contributed by atoms with Gasteiger partial charge in [-0.3, -0.25) is 0 Å². The molecule has 2 rings (SSSR count). The van der Waals surface area contributed by atoms with Crippen molar-refractivity contribution in [2.45, 2.75) is 18.9 Å². The first-order valence-corrected chi connectivity index (χ1v) is 9.17. The number of sulfone groups is 1. The fourth-order valence-corrected chi connectivity index (χ4v) is 5.84. The summed E-state index contributed by atoms with van der Waals surface area (Å²) in [6.07, 6.45) is 1.70. The fourth-order valence-electron chi connectivity index (χ4n) is 2.33. The summed E-state index contributed by atoms with van der Waals surface area (Å²) in [7, 11) is -0.836. The molecule has 1 aliphatic rings. The van der Waals surface area contributed by atoms with Gasteiger partial charge < -0.3 is 5.32 Å². The Hall–Kier alpha value is 0.0900. The van der Waals surface area contributed by atoms with Crippen molar-refractivity contribution >= 4 is 37.1 Å². The zero-order valence-corrected chi connectivity index (χ0v) is 12.9. The third-order valence-corrected chi connectivity index (χ3v) is 6.85. The molecule has 96 valence electrons. The molecule has 2 atom stereocenters. The molecule has 1 saturated heterocycles. The summed E-state index contributed by atoms with van der Waals surface area (Å²) >= 11 is 5.19. The van der Waals surface area contributed by atoms with E-state index in [1.54, 1.807) is 11.3 Å². The highest BCUT2D eigenvalue weighted by Gasteiger charge is 2.30. The molecular formula is C11H16BrNO2S2. The van der Waals surface area contributed by atoms with Crippen molar-refractivity contribution in [3.63, 3.8) is 0 Å². The average Bonchev–Trinajstić information content (AvgIpc) is 2.81. The highest BCUT2D eigenvalue weighted by Crippen LogP contribution is 2.33. The Balaban J connectivity index is 2.04. The molecule has 0 aromatic carbocycles. The quantitative estimate of drug-likeness (QED) is 0.918. The van der Waals surface area contributed by atoms with Crippen LogP contribution in [-0.2, 0) is 9.84 Å². The molecule has 0 amide bonds. The minimum atomic E-state index is -2.77. The number of halogens is 1. The Morgan fingerprint density at radius 3 is 2.82 bits per heavy atom. The number of nitrogens with one attached hydrogen (secondary N) is 1. The van der Waals surface area contributed by atoms with E-state index < -0.39 is 9.84 Å². The van der Waals surface area contributed by atoms with Gasteiger partial charge in [0.15, 0.2) is 9.84 Å². The van der Waals surface area contributed by atoms with Crippen LogP contribution in [0, 0.1) is 5.92 Å². The lowest BCUT2D eigenvalue weighted by Gasteiger charge is -2.19. The van der Waals surface area contributed by atoms with E-state index in [2.05, 4.69) is 32.0 Å². The number of thiophene rings is 1. The lowest BCUT2D eigenvalue weighted by atomic mass is 9.96. The van der Waals surface area contributed by atoms with E-state index in [-0.39, 0.29) is 6.04 Å². The van der Waals surface area contributed by atoms with Crippen LogP contribution in [0.1, 0.15) is 24.4 Å². The van der Waals surface area contributed by atoms with Crippen LogP contribution in [0.15, 0.2) is 15.2 Å². The van der Waals surface area contributed by atoms with E-state index in [9.17, 15) is 8.42 Å². The van der Waals surface area contributed by atoms with Gasteiger partial charge in [-0.1, -0.05) is 0 Å². The minimum Gasteiger partial charge on any atom is -0.313 e. The zero-order valence-electron chi connectivity index (χ0n) is 9.65. The summed E-state index contributed by atoms with van der Waals surface area (Å²) in [5, 5.41) is 7.46. The first kappa shape index (κ1) is 13.5. The molecule has 2 unspecified atom stereocenters. The molecule has 2 heterocycles. The summed E-state index contributed by atoms with van der Waals surface area (Å²) in [6, 6.07) is 0.244. The first-order chi connectivity index (χ1) is 8.02. The SMILES string of the molecule is CNC(CC1CCS(=O)(=O)C1)c1cscc1Br. The van der Waals surface area contributed by atoms with Gasteiger partial charge in [0.2, 0.25) is 0 Å². The number of hydrogen-bond donors (Lipinski definition) is 1. The fraction of sp³-hybridized carbons (Fsp3) is 0.636. The average molecular weight is 338 g/mol. The van der Waals surface area contributed by atoms with E-state index in [0.29, 0.717) is 17.4 Å². The Morgan fingerprint density at radius 1 is 1.59 bits per heavy atom. The maximum Gasteiger partial charge on any atom is 0.150 e. The molecular weight excluding hydrogens is 322 g/mol. The Labute approximate surface area is 115 Å². The van der Waals surface area contributed by atoms with Gasteiger partial charge in [-0.2, -0.15) is 11.3 Å². The second-order valence-corrected chi connectivity index (χ2v) is 8.35. The standard InChI is InChI=1S/C11H16BrNO2S2/c1-13-11(9-5-16-6-10(9)12)4-8-2-3-17(14,15)7-8/h5-6,8,11,13H,2-4,7H2,1H3. The molecule has 0 spiro atoms. The van der Waals surface area contributed by atoms with Gasteiger partial charge in [0, 0.05) is 15.9 Å². The first-order valence-electron chi connectivity index (χ1n) is 5.61. The molecule has 0 saturated carbocycles. The lowest BCUT2D eigenvalue weighted by molar-refractivity contribution is 0.437. The van der Waals surface area contributed by atoms with Crippen molar-refractivity contribution in [2.24, 2.45) is 5.92 Å². The molecule has 6 heteroatoms. The van der Waals surface area contributed by atoms with Crippen molar-refractivity contribution in [1.82, 2.24) is 5.32 Å². The molecule has 1 fully saturated rings. The Bertz CT molecular complexity index is 483. The topological polar surface area (TPSA) is 46.2 Å². The van der Waals surface area contributed by atoms with Gasteiger partial charge in [0.1, 0.15) is 0 Å². The van der Waals surface area contributed by atoms with Crippen LogP contribution < -0.4 is 5.32 Å². The molecule has 1 aromatic heterocycles. The monoisotopic (exact) mass is 337 g/mol. The molecule has 0 aliphatic carbocycles. The number of hydrogen-bond acceptors (Lipinski definition) is 4. The second-order valence-electron chi connectivity index (χ2n) is 4.52. The van der Waals surface area contributed by atoms with Gasteiger partial charge in [0.05, 0.1) is 11.5 Å². The highest BCUT2D eigenvalue weighted by molar-refractivity contribution is 9.10. The zero-order chi connectivity index (χ0) is 12.5. The van der Waals surface area contributed by atoms with Gasteiger partial charge >= 0.3 is 0 Å². The van der Waals surface area contributed by atoms with E-state index in [0.717, 1.165) is 17.3 Å². The van der Waals surface area contributed by atoms with Crippen molar-refractivity contribution in [2.75, 3.05) is 18.6 Å². The van der Waals surface area contributed by atoms with Crippen LogP contribution in [-0.4, -0.2) is 27.0 Å². The largest absolute Gasteiger partial charge is 0.313 e. The van der Waals surface area contributed by atoms with Crippen molar-refractivity contribution in [3.05, 3.63) is 20.8 Å². The third kappa shape index (κ3) is 3.30. The Kier molecular flexibility index (Phi) is 4.28. The molecule has 0 bridgehead atoms. The van der Waals surface area contributed by atoms with Crippen LogP contribution in [0.2, 0.25) is 0 Å². The van der Waals surface area contributed by atoms with Crippen LogP contribution in [0.5, 0.6) is 0 Å². The van der Waals surface area contributed by atoms with Gasteiger partial charge in [0.25, 0.3) is 0 Å². The lowest BCUT2D eigenvalue weighted by Crippen LogP contribution is -2.20. The number of rotatable bonds is 4. The molecule has 17 heavy (non-hydrogen) atoms. The summed E-state index contributed by atoms with van der Waals surface area (Å²) < 4.78 is 24.0. The maximum absolute atomic E-state index is 11.4. The highest BCUT2D eigenvalue weighted by atomic mass is 79.9. The van der Waals surface area contributed by atoms with Crippen LogP contribution in [0.4, 0.5) is 0 Å². The van der Waals surface area contributed by atoms with Crippen molar-refractivity contribution in [3.8, 4) is 0 Å². The van der Waals surface area contributed by atoms with Crippen LogP contribution in [0.25, 0.3) is 0 Å². The smallest absolute Gasteiger partial charge is 0.150 e. The van der Waals surface area contributed by atoms with Crippen molar-refractivity contribution in [1.29, 1.82) is 0 Å². The molecule has 1 aromatic rings. The predicted octanol–water partition coefficient (Wildman–Crippen LogP) is 2.60. The van der Waals surface area contributed by atoms with Gasteiger partial charge in [-0.05, 0) is 52.7 Å². The van der Waals surface area contributed by atoms with E-state index in [1.165, 1.54) is 5.56 Å². The third-order valence-electron chi connectivity index (χ3n) is 3.26. The van der Waals surface area contributed by atoms with Gasteiger partial charge in [-0.25, -0.2) is 8.42 Å². The second kappa shape index (κ2) is 5.38. The summed E-state index contributed by atoms with van der Waals surface area (Å²) in [6.45, 7) is 0. The van der Waals surface area contributed by atoms with Crippen molar-refractivity contribution < 1.29 is 8.42 Å². The Morgan fingerprint density at radius 2 is 2.35 bits per heavy atom. The maximum atomic E-state index is 11.4. The molecule has 0 radical (unpaired) electrons. The van der Waals surface area contributed by atoms with E-state index >= 15 is 0 Å². The summed E-state index contributed by atoms with van der Waals surface area (Å²) in [5.41, 5.74) is 1.24. The van der Waals surface area contributed by atoms with Crippen LogP contribution in [0.3, 0.4) is 0 Å². The normalized spacial score (nSPS) is 24.9. The minimum absolute atomic E-state index is 0.244. The van der Waals surface area contributed by atoms with Gasteiger partial charge in [-0.15, -0.1) is 0 Å². The van der Waals surface area contributed by atoms with E-state index in [4.69, 9.17) is 0 Å². The van der Waals surface area contributed by atoms with Crippen LogP contribution >= 0.6 is 27.3 Å². The molecule has 1 N–H and O–H groups in total. The summed E-state index contributed by atoms with van der Waals surface area (Å²) in [4.78, 5) is 0. The predicted molar refractivity (Wildman–Crippen MR) is 75.2 cm³/mol. The molecule has 3 nitrogen and oxygen atoms in total. The van der Waals surface area contributed by atoms with E-state index in [1.807, 2.05) is 7.05 Å². The summed E-state index contributed by atoms with van der Waals surface area (Å²) in [5.74, 6) is 1.01. The molecule has 1 aliphatic heterocycles.